The van der Waals surface area contributed by atoms with Gasteiger partial charge in [0.15, 0.2) is 5.65 Å². The first-order valence-corrected chi connectivity index (χ1v) is 10.2. The number of hydrogen-bond acceptors (Lipinski definition) is 3. The van der Waals surface area contributed by atoms with Crippen molar-refractivity contribution in [2.45, 2.75) is 32.2 Å². The summed E-state index contributed by atoms with van der Waals surface area (Å²) < 4.78 is 4.15. The van der Waals surface area contributed by atoms with Gasteiger partial charge in [-0.25, -0.2) is 4.98 Å². The fourth-order valence-corrected chi connectivity index (χ4v) is 4.73. The molecule has 1 aliphatic heterocycles. The summed E-state index contributed by atoms with van der Waals surface area (Å²) in [5.74, 6) is 0.545. The highest BCUT2D eigenvalue weighted by atomic mass is 15.3. The van der Waals surface area contributed by atoms with Crippen molar-refractivity contribution < 1.29 is 0 Å². The molecule has 4 aromatic rings. The Hall–Kier alpha value is -2.66. The number of aryl methyl sites for hydroxylation is 3. The average Bonchev–Trinajstić information content (AvgIpc) is 3.19. The first kappa shape index (κ1) is 17.4. The summed E-state index contributed by atoms with van der Waals surface area (Å²) in [5, 5.41) is 7.05. The summed E-state index contributed by atoms with van der Waals surface area (Å²) in [6.07, 6.45) is 4.62. The van der Waals surface area contributed by atoms with E-state index in [2.05, 4.69) is 71.1 Å². The predicted octanol–water partition coefficient (Wildman–Crippen LogP) is 4.15. The van der Waals surface area contributed by atoms with E-state index in [0.29, 0.717) is 5.92 Å². The average molecular weight is 374 g/mol. The highest BCUT2D eigenvalue weighted by molar-refractivity contribution is 5.83. The lowest BCUT2D eigenvalue weighted by molar-refractivity contribution is 0.204. The second kappa shape index (κ2) is 6.74. The molecule has 5 rings (SSSR count). The predicted molar refractivity (Wildman–Crippen MR) is 113 cm³/mol. The first-order valence-electron chi connectivity index (χ1n) is 10.2. The van der Waals surface area contributed by atoms with Crippen LogP contribution in [0.15, 0.2) is 42.6 Å². The summed E-state index contributed by atoms with van der Waals surface area (Å²) in [6, 6.07) is 13.1. The maximum Gasteiger partial charge on any atom is 0.158 e. The molecule has 5 nitrogen and oxygen atoms in total. The standard InChI is InChI=1S/C23H27N5/c1-16-19-8-9-21(24-23(19)27(3)25-16)17-10-12-28(13-11-17)15-18-14-26(2)22-7-5-4-6-20(18)22/h4-9,14,17H,10-13,15H2,1-3H3. The highest BCUT2D eigenvalue weighted by Gasteiger charge is 2.23. The van der Waals surface area contributed by atoms with E-state index in [1.165, 1.54) is 40.4 Å². The molecule has 144 valence electrons. The van der Waals surface area contributed by atoms with E-state index in [9.17, 15) is 0 Å². The Morgan fingerprint density at radius 2 is 1.79 bits per heavy atom. The van der Waals surface area contributed by atoms with Crippen LogP contribution in [0, 0.1) is 6.92 Å². The van der Waals surface area contributed by atoms with E-state index < -0.39 is 0 Å². The van der Waals surface area contributed by atoms with E-state index >= 15 is 0 Å². The number of para-hydroxylation sites is 1. The molecule has 0 unspecified atom stereocenters. The van der Waals surface area contributed by atoms with Crippen LogP contribution in [0.5, 0.6) is 0 Å². The van der Waals surface area contributed by atoms with Crippen molar-refractivity contribution in [2.75, 3.05) is 13.1 Å². The second-order valence-corrected chi connectivity index (χ2v) is 8.15. The molecule has 0 aliphatic carbocycles. The van der Waals surface area contributed by atoms with Gasteiger partial charge in [-0.15, -0.1) is 0 Å². The fraction of sp³-hybridized carbons (Fsp3) is 0.391. The number of likely N-dealkylation sites (tertiary alicyclic amines) is 1. The monoisotopic (exact) mass is 373 g/mol. The van der Waals surface area contributed by atoms with E-state index in [-0.39, 0.29) is 0 Å². The SMILES string of the molecule is Cc1nn(C)c2nc(C3CCN(Cc4cn(C)c5ccccc45)CC3)ccc12. The lowest BCUT2D eigenvalue weighted by Gasteiger charge is -2.31. The Kier molecular flexibility index (Phi) is 4.20. The minimum Gasteiger partial charge on any atom is -0.350 e. The van der Waals surface area contributed by atoms with Gasteiger partial charge in [0, 0.05) is 54.7 Å². The summed E-state index contributed by atoms with van der Waals surface area (Å²) in [6.45, 7) is 5.33. The number of fused-ring (bicyclic) bond motifs is 2. The van der Waals surface area contributed by atoms with E-state index in [4.69, 9.17) is 4.98 Å². The molecule has 0 saturated carbocycles. The molecule has 0 spiro atoms. The van der Waals surface area contributed by atoms with Gasteiger partial charge in [-0.2, -0.15) is 5.10 Å². The lowest BCUT2D eigenvalue weighted by atomic mass is 9.92. The first-order chi connectivity index (χ1) is 13.6. The van der Waals surface area contributed by atoms with Gasteiger partial charge in [-0.05, 0) is 56.6 Å². The molecule has 0 amide bonds. The number of benzene rings is 1. The molecule has 1 aliphatic rings. The molecule has 0 radical (unpaired) electrons. The van der Waals surface area contributed by atoms with Gasteiger partial charge in [0.2, 0.25) is 0 Å². The van der Waals surface area contributed by atoms with Crippen LogP contribution < -0.4 is 0 Å². The third-order valence-corrected chi connectivity index (χ3v) is 6.27. The van der Waals surface area contributed by atoms with Crippen molar-refractivity contribution in [3.63, 3.8) is 0 Å². The van der Waals surface area contributed by atoms with Crippen molar-refractivity contribution >= 4 is 21.9 Å². The van der Waals surface area contributed by atoms with Crippen LogP contribution in [-0.2, 0) is 20.6 Å². The van der Waals surface area contributed by atoms with Gasteiger partial charge in [-0.3, -0.25) is 9.58 Å². The maximum atomic E-state index is 4.95. The van der Waals surface area contributed by atoms with Gasteiger partial charge in [0.25, 0.3) is 0 Å². The van der Waals surface area contributed by atoms with Crippen LogP contribution in [0.1, 0.15) is 35.7 Å². The topological polar surface area (TPSA) is 38.9 Å². The molecule has 1 fully saturated rings. The van der Waals surface area contributed by atoms with Gasteiger partial charge in [-0.1, -0.05) is 18.2 Å². The Bertz CT molecular complexity index is 1140. The molecule has 1 saturated heterocycles. The van der Waals surface area contributed by atoms with Crippen LogP contribution in [0.3, 0.4) is 0 Å². The summed E-state index contributed by atoms with van der Waals surface area (Å²) in [4.78, 5) is 7.54. The van der Waals surface area contributed by atoms with E-state index in [0.717, 1.165) is 31.0 Å². The van der Waals surface area contributed by atoms with Gasteiger partial charge < -0.3 is 4.57 Å². The zero-order valence-corrected chi connectivity index (χ0v) is 16.9. The van der Waals surface area contributed by atoms with Crippen LogP contribution in [0.4, 0.5) is 0 Å². The normalized spacial score (nSPS) is 16.4. The molecule has 4 heterocycles. The minimum absolute atomic E-state index is 0.545. The van der Waals surface area contributed by atoms with E-state index in [1.807, 2.05) is 11.7 Å². The van der Waals surface area contributed by atoms with Crippen LogP contribution >= 0.6 is 0 Å². The van der Waals surface area contributed by atoms with Crippen molar-refractivity contribution in [1.29, 1.82) is 0 Å². The molecule has 28 heavy (non-hydrogen) atoms. The number of nitrogens with zero attached hydrogens (tertiary/aromatic N) is 5. The number of aromatic nitrogens is 4. The van der Waals surface area contributed by atoms with Crippen LogP contribution in [0.25, 0.3) is 21.9 Å². The Morgan fingerprint density at radius 3 is 2.61 bits per heavy atom. The number of rotatable bonds is 3. The van der Waals surface area contributed by atoms with Crippen molar-refractivity contribution in [3.05, 3.63) is 59.5 Å². The quantitative estimate of drug-likeness (QED) is 0.542. The maximum absolute atomic E-state index is 4.95. The van der Waals surface area contributed by atoms with Crippen LogP contribution in [-0.4, -0.2) is 37.3 Å². The van der Waals surface area contributed by atoms with Crippen molar-refractivity contribution in [2.24, 2.45) is 14.1 Å². The zero-order chi connectivity index (χ0) is 19.3. The summed E-state index contributed by atoms with van der Waals surface area (Å²) in [5.41, 5.74) is 6.03. The number of pyridine rings is 1. The largest absolute Gasteiger partial charge is 0.350 e. The molecular weight excluding hydrogens is 346 g/mol. The van der Waals surface area contributed by atoms with Gasteiger partial charge in [0.1, 0.15) is 0 Å². The summed E-state index contributed by atoms with van der Waals surface area (Å²) in [7, 11) is 4.12. The van der Waals surface area contributed by atoms with Gasteiger partial charge in [0.05, 0.1) is 5.69 Å². The third kappa shape index (κ3) is 2.90. The molecule has 1 aromatic carbocycles. The molecule has 0 N–H and O–H groups in total. The van der Waals surface area contributed by atoms with Crippen molar-refractivity contribution in [1.82, 2.24) is 24.2 Å². The Labute approximate surface area is 165 Å². The molecular formula is C23H27N5. The molecule has 3 aromatic heterocycles. The highest BCUT2D eigenvalue weighted by Crippen LogP contribution is 2.30. The smallest absolute Gasteiger partial charge is 0.158 e. The van der Waals surface area contributed by atoms with Gasteiger partial charge >= 0.3 is 0 Å². The van der Waals surface area contributed by atoms with E-state index in [1.54, 1.807) is 0 Å². The third-order valence-electron chi connectivity index (χ3n) is 6.27. The lowest BCUT2D eigenvalue weighted by Crippen LogP contribution is -2.32. The molecule has 0 bridgehead atoms. The zero-order valence-electron chi connectivity index (χ0n) is 16.9. The Balaban J connectivity index is 1.30. The summed E-state index contributed by atoms with van der Waals surface area (Å²) >= 11 is 0. The minimum atomic E-state index is 0.545. The van der Waals surface area contributed by atoms with Crippen LogP contribution in [0.2, 0.25) is 0 Å². The molecule has 5 heteroatoms. The fourth-order valence-electron chi connectivity index (χ4n) is 4.73. The second-order valence-electron chi connectivity index (χ2n) is 8.15. The van der Waals surface area contributed by atoms with Crippen molar-refractivity contribution in [3.8, 4) is 0 Å². The number of hydrogen-bond donors (Lipinski definition) is 0. The molecule has 0 atom stereocenters. The number of piperidine rings is 1. The Morgan fingerprint density at radius 1 is 1.00 bits per heavy atom.